The van der Waals surface area contributed by atoms with Crippen LogP contribution >= 0.6 is 0 Å². The van der Waals surface area contributed by atoms with Gasteiger partial charge in [-0.1, -0.05) is 35.9 Å². The maximum atomic E-state index is 11.2. The van der Waals surface area contributed by atoms with Gasteiger partial charge in [-0.3, -0.25) is 9.69 Å². The average Bonchev–Trinajstić information content (AvgIpc) is 2.66. The fourth-order valence-electron chi connectivity index (χ4n) is 3.02. The number of hydrogen-bond acceptors (Lipinski definition) is 2. The molecule has 1 aliphatic heterocycles. The molecule has 0 unspecified atom stereocenters. The molecule has 0 aromatic heterocycles. The van der Waals surface area contributed by atoms with Crippen LogP contribution in [0.5, 0.6) is 0 Å². The number of rotatable bonds is 2. The van der Waals surface area contributed by atoms with Gasteiger partial charge in [-0.25, -0.2) is 0 Å². The Bertz CT molecular complexity index is 489. The Kier molecular flexibility index (Phi) is 2.60. The molecule has 1 aromatic carbocycles. The van der Waals surface area contributed by atoms with E-state index in [0.717, 1.165) is 19.5 Å². The van der Waals surface area contributed by atoms with Gasteiger partial charge in [-0.05, 0) is 24.5 Å². The Hall–Kier alpha value is -1.41. The largest absolute Gasteiger partial charge is 0.299 e. The minimum atomic E-state index is 0.267. The molecule has 0 amide bonds. The Morgan fingerprint density at radius 2 is 2.24 bits per heavy atom. The molecule has 88 valence electrons. The van der Waals surface area contributed by atoms with Crippen LogP contribution in [0.1, 0.15) is 30.4 Å². The van der Waals surface area contributed by atoms with Gasteiger partial charge in [0, 0.05) is 19.0 Å². The van der Waals surface area contributed by atoms with Gasteiger partial charge in [0.1, 0.15) is 5.78 Å². The van der Waals surface area contributed by atoms with Crippen molar-refractivity contribution in [2.45, 2.75) is 19.3 Å². The Morgan fingerprint density at radius 3 is 3.06 bits per heavy atom. The van der Waals surface area contributed by atoms with Crippen molar-refractivity contribution in [1.82, 2.24) is 4.90 Å². The zero-order valence-corrected chi connectivity index (χ0v) is 10.1. The minimum Gasteiger partial charge on any atom is -0.299 e. The highest BCUT2D eigenvalue weighted by atomic mass is 16.1. The lowest BCUT2D eigenvalue weighted by atomic mass is 9.90. The van der Waals surface area contributed by atoms with Crippen molar-refractivity contribution < 1.29 is 4.79 Å². The van der Waals surface area contributed by atoms with E-state index in [2.05, 4.69) is 35.2 Å². The normalized spacial score (nSPS) is 22.9. The first-order valence-electron chi connectivity index (χ1n) is 6.25. The second kappa shape index (κ2) is 4.11. The van der Waals surface area contributed by atoms with Gasteiger partial charge in [0.25, 0.3) is 0 Å². The molecule has 0 spiro atoms. The molecule has 1 atom stereocenters. The molecule has 0 bridgehead atoms. The number of benzene rings is 1. The maximum Gasteiger partial charge on any atom is 0.143 e. The van der Waals surface area contributed by atoms with Crippen LogP contribution in [-0.4, -0.2) is 30.3 Å². The summed E-state index contributed by atoms with van der Waals surface area (Å²) in [4.78, 5) is 13.5. The maximum absolute atomic E-state index is 11.2. The lowest BCUT2D eigenvalue weighted by Crippen LogP contribution is -2.37. The zero-order valence-electron chi connectivity index (χ0n) is 10.1. The van der Waals surface area contributed by atoms with E-state index < -0.39 is 0 Å². The number of Topliss-reactive ketones (excluding diaryl/α,β-unsaturated/α-hetero) is 1. The lowest BCUT2D eigenvalue weighted by molar-refractivity contribution is -0.118. The van der Waals surface area contributed by atoms with E-state index in [4.69, 9.17) is 0 Å². The molecule has 1 saturated heterocycles. The molecule has 1 fully saturated rings. The van der Waals surface area contributed by atoms with Crippen molar-refractivity contribution in [3.8, 4) is 0 Å². The first-order valence-corrected chi connectivity index (χ1v) is 6.25. The predicted octanol–water partition coefficient (Wildman–Crippen LogP) is 2.46. The summed E-state index contributed by atoms with van der Waals surface area (Å²) < 4.78 is 0. The third kappa shape index (κ3) is 1.93. The van der Waals surface area contributed by atoms with Gasteiger partial charge in [-0.2, -0.15) is 0 Å². The molecule has 0 radical (unpaired) electrons. The van der Waals surface area contributed by atoms with Crippen molar-refractivity contribution in [2.75, 3.05) is 19.6 Å². The smallest absolute Gasteiger partial charge is 0.143 e. The number of likely N-dealkylation sites (tertiary alicyclic amines) is 1. The van der Waals surface area contributed by atoms with E-state index >= 15 is 0 Å². The van der Waals surface area contributed by atoms with Crippen LogP contribution in [0.2, 0.25) is 0 Å². The summed E-state index contributed by atoms with van der Waals surface area (Å²) in [6, 6.07) is 8.62. The van der Waals surface area contributed by atoms with Gasteiger partial charge in [-0.15, -0.1) is 0 Å². The van der Waals surface area contributed by atoms with Crippen molar-refractivity contribution in [3.63, 3.8) is 0 Å². The topological polar surface area (TPSA) is 20.3 Å². The third-order valence-corrected chi connectivity index (χ3v) is 3.76. The highest BCUT2D eigenvalue weighted by Gasteiger charge is 2.30. The van der Waals surface area contributed by atoms with Crippen molar-refractivity contribution in [2.24, 2.45) is 0 Å². The highest BCUT2D eigenvalue weighted by molar-refractivity contribution is 5.77. The van der Waals surface area contributed by atoms with Crippen LogP contribution in [0.4, 0.5) is 0 Å². The Balaban J connectivity index is 1.83. The minimum absolute atomic E-state index is 0.267. The monoisotopic (exact) mass is 227 g/mol. The number of ketones is 1. The van der Waals surface area contributed by atoms with Crippen molar-refractivity contribution in [3.05, 3.63) is 41.0 Å². The van der Waals surface area contributed by atoms with E-state index in [1.807, 2.05) is 0 Å². The quantitative estimate of drug-likeness (QED) is 0.773. The number of fused-ring (bicyclic) bond motifs is 3. The molecule has 0 saturated carbocycles. The zero-order chi connectivity index (χ0) is 11.8. The second-order valence-electron chi connectivity index (χ2n) is 5.09. The summed E-state index contributed by atoms with van der Waals surface area (Å²) in [5, 5.41) is 0. The Labute approximate surface area is 102 Å². The Morgan fingerprint density at radius 1 is 1.41 bits per heavy atom. The van der Waals surface area contributed by atoms with Crippen LogP contribution < -0.4 is 0 Å². The summed E-state index contributed by atoms with van der Waals surface area (Å²) in [5.74, 6) is 0.794. The van der Waals surface area contributed by atoms with E-state index in [1.165, 1.54) is 11.1 Å². The van der Waals surface area contributed by atoms with Gasteiger partial charge in [0.2, 0.25) is 0 Å². The summed E-state index contributed by atoms with van der Waals surface area (Å²) in [6.07, 6.45) is 3.44. The van der Waals surface area contributed by atoms with Crippen molar-refractivity contribution >= 4 is 11.9 Å². The van der Waals surface area contributed by atoms with Crippen LogP contribution in [0.25, 0.3) is 6.08 Å². The van der Waals surface area contributed by atoms with Crippen molar-refractivity contribution in [1.29, 1.82) is 0 Å². The second-order valence-corrected chi connectivity index (χ2v) is 5.09. The molecule has 2 heteroatoms. The number of carbonyl (C=O) groups excluding carboxylic acids is 1. The fourth-order valence-corrected chi connectivity index (χ4v) is 3.02. The van der Waals surface area contributed by atoms with E-state index in [0.29, 0.717) is 12.5 Å². The molecule has 1 heterocycles. The van der Waals surface area contributed by atoms with Gasteiger partial charge >= 0.3 is 0 Å². The third-order valence-electron chi connectivity index (χ3n) is 3.76. The first-order chi connectivity index (χ1) is 8.24. The van der Waals surface area contributed by atoms with E-state index in [9.17, 15) is 4.79 Å². The SMILES string of the molecule is CC(=O)CN1CCC2=Cc3ccccc3[C@H]2C1. The molecule has 1 aromatic rings. The summed E-state index contributed by atoms with van der Waals surface area (Å²) in [5.41, 5.74) is 4.36. The summed E-state index contributed by atoms with van der Waals surface area (Å²) in [7, 11) is 0. The summed E-state index contributed by atoms with van der Waals surface area (Å²) in [6.45, 7) is 4.30. The van der Waals surface area contributed by atoms with Gasteiger partial charge in [0.05, 0.1) is 6.54 Å². The molecular weight excluding hydrogens is 210 g/mol. The average molecular weight is 227 g/mol. The predicted molar refractivity (Wildman–Crippen MR) is 68.9 cm³/mol. The number of hydrogen-bond donors (Lipinski definition) is 0. The molecule has 3 rings (SSSR count). The first kappa shape index (κ1) is 10.7. The number of piperidine rings is 1. The molecule has 2 aliphatic rings. The van der Waals surface area contributed by atoms with Crippen LogP contribution in [-0.2, 0) is 4.79 Å². The molecule has 2 nitrogen and oxygen atoms in total. The van der Waals surface area contributed by atoms with Crippen LogP contribution in [0.15, 0.2) is 29.8 Å². The molecule has 0 N–H and O–H groups in total. The summed E-state index contributed by atoms with van der Waals surface area (Å²) >= 11 is 0. The standard InChI is InChI=1S/C15H17NO/c1-11(17)9-16-7-6-13-8-12-4-2-3-5-14(12)15(13)10-16/h2-5,8,15H,6-7,9-10H2,1H3/t15-/m0/s1. The van der Waals surface area contributed by atoms with Crippen LogP contribution in [0.3, 0.4) is 0 Å². The van der Waals surface area contributed by atoms with Crippen LogP contribution in [0, 0.1) is 0 Å². The fraction of sp³-hybridized carbons (Fsp3) is 0.400. The van der Waals surface area contributed by atoms with Gasteiger partial charge in [0.15, 0.2) is 0 Å². The number of carbonyl (C=O) groups is 1. The van der Waals surface area contributed by atoms with Gasteiger partial charge < -0.3 is 0 Å². The lowest BCUT2D eigenvalue weighted by Gasteiger charge is -2.32. The van der Waals surface area contributed by atoms with E-state index in [1.54, 1.807) is 12.5 Å². The number of nitrogens with zero attached hydrogens (tertiary/aromatic N) is 1. The molecule has 17 heavy (non-hydrogen) atoms. The highest BCUT2D eigenvalue weighted by Crippen LogP contribution is 2.40. The molecule has 1 aliphatic carbocycles. The molecular formula is C15H17NO. The van der Waals surface area contributed by atoms with E-state index in [-0.39, 0.29) is 5.78 Å².